The van der Waals surface area contributed by atoms with Gasteiger partial charge in [0.25, 0.3) is 5.91 Å². The van der Waals surface area contributed by atoms with Gasteiger partial charge in [0.2, 0.25) is 0 Å². The zero-order chi connectivity index (χ0) is 22.5. The van der Waals surface area contributed by atoms with E-state index in [1.54, 1.807) is 12.0 Å². The number of rotatable bonds is 8. The lowest BCUT2D eigenvalue weighted by atomic mass is 10.0. The Balaban J connectivity index is 0.00000306. The minimum atomic E-state index is -0.0404. The molecule has 1 heterocycles. The molecule has 7 heteroatoms. The van der Waals surface area contributed by atoms with E-state index in [4.69, 9.17) is 9.72 Å². The number of para-hydroxylation sites is 1. The SMILES string of the molecule is COc1cccc2sc(N(CCCN(C)C)C(=O)c3ccc(-c4ccccc4)cc3)nc12.Cl. The molecule has 1 amide bonds. The topological polar surface area (TPSA) is 45.7 Å². The van der Waals surface area contributed by atoms with Crippen LogP contribution in [0, 0.1) is 0 Å². The van der Waals surface area contributed by atoms with Crippen LogP contribution in [0.5, 0.6) is 5.75 Å². The summed E-state index contributed by atoms with van der Waals surface area (Å²) in [5, 5.41) is 0.695. The maximum atomic E-state index is 13.5. The summed E-state index contributed by atoms with van der Waals surface area (Å²) in [6, 6.07) is 23.8. The van der Waals surface area contributed by atoms with Crippen LogP contribution in [-0.2, 0) is 0 Å². The molecule has 3 aromatic carbocycles. The molecule has 4 rings (SSSR count). The second-order valence-corrected chi connectivity index (χ2v) is 8.87. The first kappa shape index (κ1) is 24.7. The van der Waals surface area contributed by atoms with Crippen LogP contribution in [-0.4, -0.2) is 50.1 Å². The van der Waals surface area contributed by atoms with Gasteiger partial charge in [0.05, 0.1) is 11.8 Å². The Labute approximate surface area is 205 Å². The third kappa shape index (κ3) is 5.71. The Bertz CT molecular complexity index is 1190. The van der Waals surface area contributed by atoms with E-state index < -0.39 is 0 Å². The number of halogens is 1. The molecule has 4 aromatic rings. The Hall–Kier alpha value is -2.93. The van der Waals surface area contributed by atoms with Crippen molar-refractivity contribution in [2.24, 2.45) is 0 Å². The van der Waals surface area contributed by atoms with Gasteiger partial charge in [0.15, 0.2) is 5.13 Å². The summed E-state index contributed by atoms with van der Waals surface area (Å²) in [5.74, 6) is 0.680. The van der Waals surface area contributed by atoms with Gasteiger partial charge in [0, 0.05) is 12.1 Å². The van der Waals surface area contributed by atoms with Crippen LogP contribution in [0.15, 0.2) is 72.8 Å². The van der Waals surface area contributed by atoms with Crippen molar-refractivity contribution in [2.45, 2.75) is 6.42 Å². The summed E-state index contributed by atoms with van der Waals surface area (Å²) in [6.45, 7) is 1.49. The molecule has 0 saturated carbocycles. The lowest BCUT2D eigenvalue weighted by Crippen LogP contribution is -2.33. The van der Waals surface area contributed by atoms with Crippen molar-refractivity contribution in [3.05, 3.63) is 78.4 Å². The fourth-order valence-electron chi connectivity index (χ4n) is 3.61. The van der Waals surface area contributed by atoms with Crippen LogP contribution in [0.3, 0.4) is 0 Å². The first-order chi connectivity index (χ1) is 15.6. The number of fused-ring (bicyclic) bond motifs is 1. The molecule has 0 aliphatic carbocycles. The number of aromatic nitrogens is 1. The third-order valence-electron chi connectivity index (χ3n) is 5.29. The number of anilines is 1. The zero-order valence-electron chi connectivity index (χ0n) is 19.0. The first-order valence-corrected chi connectivity index (χ1v) is 11.4. The Kier molecular flexibility index (Phi) is 8.44. The number of methoxy groups -OCH3 is 1. The van der Waals surface area contributed by atoms with E-state index in [0.717, 1.165) is 40.1 Å². The highest BCUT2D eigenvalue weighted by Crippen LogP contribution is 2.34. The smallest absolute Gasteiger partial charge is 0.260 e. The molecule has 0 fully saturated rings. The molecular weight excluding hydrogens is 454 g/mol. The molecule has 0 atom stereocenters. The van der Waals surface area contributed by atoms with Gasteiger partial charge in [0.1, 0.15) is 11.3 Å². The number of amides is 1. The maximum Gasteiger partial charge on any atom is 0.260 e. The lowest BCUT2D eigenvalue weighted by Gasteiger charge is -2.21. The van der Waals surface area contributed by atoms with E-state index in [9.17, 15) is 4.79 Å². The van der Waals surface area contributed by atoms with Crippen LogP contribution in [0.4, 0.5) is 5.13 Å². The predicted molar refractivity (Wildman–Crippen MR) is 140 cm³/mol. The number of hydrogen-bond donors (Lipinski definition) is 0. The summed E-state index contributed by atoms with van der Waals surface area (Å²) >= 11 is 1.52. The Morgan fingerprint density at radius 1 is 0.909 bits per heavy atom. The van der Waals surface area contributed by atoms with Crippen molar-refractivity contribution in [2.75, 3.05) is 39.2 Å². The molecular formula is C26H28ClN3O2S. The molecule has 5 nitrogen and oxygen atoms in total. The second kappa shape index (κ2) is 11.3. The molecule has 0 aliphatic heterocycles. The zero-order valence-corrected chi connectivity index (χ0v) is 20.7. The lowest BCUT2D eigenvalue weighted by molar-refractivity contribution is 0.0986. The maximum absolute atomic E-state index is 13.5. The molecule has 0 N–H and O–H groups in total. The molecule has 33 heavy (non-hydrogen) atoms. The van der Waals surface area contributed by atoms with Crippen molar-refractivity contribution in [3.8, 4) is 16.9 Å². The number of carbonyl (C=O) groups is 1. The molecule has 172 valence electrons. The van der Waals surface area contributed by atoms with Crippen molar-refractivity contribution in [1.29, 1.82) is 0 Å². The highest BCUT2D eigenvalue weighted by molar-refractivity contribution is 7.22. The summed E-state index contributed by atoms with van der Waals surface area (Å²) < 4.78 is 6.47. The van der Waals surface area contributed by atoms with Crippen LogP contribution >= 0.6 is 23.7 Å². The average Bonchev–Trinajstić information content (AvgIpc) is 3.26. The summed E-state index contributed by atoms with van der Waals surface area (Å²) in [5.41, 5.74) is 3.67. The van der Waals surface area contributed by atoms with E-state index in [0.29, 0.717) is 17.2 Å². The van der Waals surface area contributed by atoms with Crippen molar-refractivity contribution in [3.63, 3.8) is 0 Å². The van der Waals surface area contributed by atoms with Gasteiger partial charge in [-0.2, -0.15) is 0 Å². The summed E-state index contributed by atoms with van der Waals surface area (Å²) in [7, 11) is 5.72. The molecule has 0 spiro atoms. The Morgan fingerprint density at radius 2 is 1.61 bits per heavy atom. The molecule has 0 bridgehead atoms. The van der Waals surface area contributed by atoms with Gasteiger partial charge in [-0.15, -0.1) is 12.4 Å². The summed E-state index contributed by atoms with van der Waals surface area (Å²) in [6.07, 6.45) is 0.855. The normalized spacial score (nSPS) is 10.8. The van der Waals surface area contributed by atoms with Crippen LogP contribution < -0.4 is 9.64 Å². The minimum Gasteiger partial charge on any atom is -0.494 e. The van der Waals surface area contributed by atoms with Crippen LogP contribution in [0.1, 0.15) is 16.8 Å². The summed E-state index contributed by atoms with van der Waals surface area (Å²) in [4.78, 5) is 22.2. The highest BCUT2D eigenvalue weighted by atomic mass is 35.5. The van der Waals surface area contributed by atoms with E-state index in [2.05, 4.69) is 17.0 Å². The number of thiazole rings is 1. The molecule has 0 saturated heterocycles. The minimum absolute atomic E-state index is 0. The fraction of sp³-hybridized carbons (Fsp3) is 0.231. The monoisotopic (exact) mass is 481 g/mol. The Morgan fingerprint density at radius 3 is 2.27 bits per heavy atom. The van der Waals surface area contributed by atoms with Gasteiger partial charge in [-0.25, -0.2) is 4.98 Å². The van der Waals surface area contributed by atoms with E-state index in [1.807, 2.05) is 74.8 Å². The largest absolute Gasteiger partial charge is 0.494 e. The van der Waals surface area contributed by atoms with Crippen LogP contribution in [0.25, 0.3) is 21.3 Å². The molecule has 0 unspecified atom stereocenters. The fourth-order valence-corrected chi connectivity index (χ4v) is 4.62. The number of carbonyl (C=O) groups excluding carboxylic acids is 1. The van der Waals surface area contributed by atoms with E-state index >= 15 is 0 Å². The van der Waals surface area contributed by atoms with Crippen molar-refractivity contribution >= 4 is 45.0 Å². The number of nitrogens with zero attached hydrogens (tertiary/aromatic N) is 3. The molecule has 0 aliphatic rings. The van der Waals surface area contributed by atoms with Crippen molar-refractivity contribution < 1.29 is 9.53 Å². The molecule has 1 aromatic heterocycles. The number of benzene rings is 3. The highest BCUT2D eigenvalue weighted by Gasteiger charge is 2.22. The predicted octanol–water partition coefficient (Wildman–Crippen LogP) is 5.99. The third-order valence-corrected chi connectivity index (χ3v) is 6.34. The van der Waals surface area contributed by atoms with Gasteiger partial charge < -0.3 is 9.64 Å². The second-order valence-electron chi connectivity index (χ2n) is 7.86. The van der Waals surface area contributed by atoms with Gasteiger partial charge in [-0.1, -0.05) is 59.9 Å². The van der Waals surface area contributed by atoms with Gasteiger partial charge in [-0.3, -0.25) is 9.69 Å². The van der Waals surface area contributed by atoms with Crippen molar-refractivity contribution in [1.82, 2.24) is 9.88 Å². The first-order valence-electron chi connectivity index (χ1n) is 10.6. The standard InChI is InChI=1S/C26H27N3O2S.ClH/c1-28(2)17-8-18-29(26-27-24-22(31-3)11-7-12-23(24)32-26)25(30)21-15-13-20(14-16-21)19-9-5-4-6-10-19;/h4-7,9-16H,8,17-18H2,1-3H3;1H. The van der Waals surface area contributed by atoms with E-state index in [-0.39, 0.29) is 18.3 Å². The van der Waals surface area contributed by atoms with Gasteiger partial charge in [-0.05, 0) is 62.5 Å². The molecule has 0 radical (unpaired) electrons. The quantitative estimate of drug-likeness (QED) is 0.310. The van der Waals surface area contributed by atoms with E-state index in [1.165, 1.54) is 11.3 Å². The number of hydrogen-bond acceptors (Lipinski definition) is 5. The van der Waals surface area contributed by atoms with Gasteiger partial charge >= 0.3 is 0 Å². The van der Waals surface area contributed by atoms with Crippen LogP contribution in [0.2, 0.25) is 0 Å². The number of ether oxygens (including phenoxy) is 1. The average molecular weight is 482 g/mol.